The van der Waals surface area contributed by atoms with Crippen molar-refractivity contribution in [1.29, 1.82) is 0 Å². The summed E-state index contributed by atoms with van der Waals surface area (Å²) >= 11 is 0. The summed E-state index contributed by atoms with van der Waals surface area (Å²) < 4.78 is 14.9. The fraction of sp³-hybridized carbons (Fsp3) is 0.286. The molecule has 1 heterocycles. The molecule has 5 nitrogen and oxygen atoms in total. The molecule has 0 aliphatic heterocycles. The van der Waals surface area contributed by atoms with Crippen LogP contribution in [0, 0.1) is 11.7 Å². The van der Waals surface area contributed by atoms with Crippen LogP contribution >= 0.6 is 0 Å². The van der Waals surface area contributed by atoms with Gasteiger partial charge >= 0.3 is 5.69 Å². The lowest BCUT2D eigenvalue weighted by atomic mass is 10.1. The topological polar surface area (TPSA) is 75.1 Å². The van der Waals surface area contributed by atoms with Crippen LogP contribution in [0.15, 0.2) is 33.9 Å². The Labute approximate surface area is 113 Å². The molecule has 2 atom stereocenters. The average molecular weight is 276 g/mol. The molecule has 0 radical (unpaired) electrons. The van der Waals surface area contributed by atoms with E-state index in [0.717, 1.165) is 11.0 Å². The third kappa shape index (κ3) is 1.84. The lowest BCUT2D eigenvalue weighted by molar-refractivity contribution is 0.400. The Morgan fingerprint density at radius 3 is 2.60 bits per heavy atom. The summed E-state index contributed by atoms with van der Waals surface area (Å²) in [4.78, 5) is 25.8. The fourth-order valence-electron chi connectivity index (χ4n) is 2.41. The average Bonchev–Trinajstić information content (AvgIpc) is 3.08. The molecule has 6 heteroatoms. The summed E-state index contributed by atoms with van der Waals surface area (Å²) in [7, 11) is 0. The molecule has 20 heavy (non-hydrogen) atoms. The Morgan fingerprint density at radius 2 is 2.00 bits per heavy atom. The Bertz CT molecular complexity index is 794. The van der Waals surface area contributed by atoms with E-state index in [1.807, 2.05) is 6.92 Å². The zero-order chi connectivity index (χ0) is 14.4. The van der Waals surface area contributed by atoms with E-state index >= 15 is 0 Å². The van der Waals surface area contributed by atoms with E-state index in [0.29, 0.717) is 0 Å². The molecular formula is C14H13FN2O3. The summed E-state index contributed by atoms with van der Waals surface area (Å²) in [6.45, 7) is 1.93. The van der Waals surface area contributed by atoms with Gasteiger partial charge in [0, 0.05) is 11.6 Å². The normalized spacial score (nSPS) is 20.9. The minimum absolute atomic E-state index is 0.0201. The summed E-state index contributed by atoms with van der Waals surface area (Å²) in [5.74, 6) is -0.849. The first-order chi connectivity index (χ1) is 9.50. The monoisotopic (exact) mass is 276 g/mol. The van der Waals surface area contributed by atoms with Crippen molar-refractivity contribution in [1.82, 2.24) is 9.55 Å². The first-order valence-electron chi connectivity index (χ1n) is 6.33. The maximum atomic E-state index is 13.8. The minimum atomic E-state index is -0.790. The van der Waals surface area contributed by atoms with Crippen molar-refractivity contribution in [3.63, 3.8) is 0 Å². The van der Waals surface area contributed by atoms with Gasteiger partial charge in [-0.25, -0.2) is 9.18 Å². The molecule has 1 saturated carbocycles. The number of H-pyrrole nitrogens is 1. The number of aromatic hydroxyl groups is 1. The molecule has 1 fully saturated rings. The fourth-order valence-corrected chi connectivity index (χ4v) is 2.41. The quantitative estimate of drug-likeness (QED) is 0.875. The molecule has 0 amide bonds. The smallest absolute Gasteiger partial charge is 0.331 e. The molecule has 1 aromatic carbocycles. The molecule has 0 saturated heterocycles. The van der Waals surface area contributed by atoms with Gasteiger partial charge in [-0.2, -0.15) is 0 Å². The largest absolute Gasteiger partial charge is 0.494 e. The third-order valence-electron chi connectivity index (χ3n) is 3.66. The zero-order valence-corrected chi connectivity index (χ0v) is 10.8. The summed E-state index contributed by atoms with van der Waals surface area (Å²) in [5, 5.41) is 10.2. The van der Waals surface area contributed by atoms with Crippen LogP contribution in [0.3, 0.4) is 0 Å². The van der Waals surface area contributed by atoms with Crippen molar-refractivity contribution >= 4 is 0 Å². The van der Waals surface area contributed by atoms with Gasteiger partial charge in [-0.1, -0.05) is 25.1 Å². The van der Waals surface area contributed by atoms with Crippen molar-refractivity contribution in [2.45, 2.75) is 19.4 Å². The highest BCUT2D eigenvalue weighted by Gasteiger charge is 2.38. The van der Waals surface area contributed by atoms with Crippen LogP contribution in [0.4, 0.5) is 4.39 Å². The minimum Gasteiger partial charge on any atom is -0.494 e. The first-order valence-corrected chi connectivity index (χ1v) is 6.33. The van der Waals surface area contributed by atoms with E-state index < -0.39 is 22.9 Å². The van der Waals surface area contributed by atoms with Crippen LogP contribution in [0.5, 0.6) is 5.88 Å². The van der Waals surface area contributed by atoms with Gasteiger partial charge in [-0.05, 0) is 18.4 Å². The van der Waals surface area contributed by atoms with Gasteiger partial charge in [0.25, 0.3) is 5.56 Å². The Kier molecular flexibility index (Phi) is 2.74. The Morgan fingerprint density at radius 1 is 1.35 bits per heavy atom. The summed E-state index contributed by atoms with van der Waals surface area (Å²) in [6.07, 6.45) is 0.746. The van der Waals surface area contributed by atoms with Crippen LogP contribution in [-0.2, 0) is 0 Å². The van der Waals surface area contributed by atoms with Gasteiger partial charge in [0.15, 0.2) is 0 Å². The van der Waals surface area contributed by atoms with E-state index in [-0.39, 0.29) is 23.1 Å². The molecule has 104 valence electrons. The van der Waals surface area contributed by atoms with Gasteiger partial charge < -0.3 is 5.11 Å². The first kappa shape index (κ1) is 12.7. The van der Waals surface area contributed by atoms with Crippen molar-refractivity contribution in [3.05, 3.63) is 50.9 Å². The molecule has 3 rings (SSSR count). The number of aromatic nitrogens is 2. The molecule has 2 N–H and O–H groups in total. The van der Waals surface area contributed by atoms with Crippen LogP contribution in [0.25, 0.3) is 11.1 Å². The predicted molar refractivity (Wildman–Crippen MR) is 71.2 cm³/mol. The SMILES string of the molecule is CC1CC1n1c(O)c(-c2ccccc2F)c(=O)[nH]c1=O. The van der Waals surface area contributed by atoms with Crippen LogP contribution in [0.1, 0.15) is 19.4 Å². The van der Waals surface area contributed by atoms with Crippen LogP contribution < -0.4 is 11.2 Å². The van der Waals surface area contributed by atoms with Gasteiger partial charge in [0.2, 0.25) is 5.88 Å². The third-order valence-corrected chi connectivity index (χ3v) is 3.66. The molecule has 0 bridgehead atoms. The van der Waals surface area contributed by atoms with Gasteiger partial charge in [-0.15, -0.1) is 0 Å². The Balaban J connectivity index is 2.30. The highest BCUT2D eigenvalue weighted by molar-refractivity contribution is 5.67. The van der Waals surface area contributed by atoms with E-state index in [1.165, 1.54) is 18.2 Å². The molecule has 1 aromatic heterocycles. The second-order valence-corrected chi connectivity index (χ2v) is 5.09. The van der Waals surface area contributed by atoms with E-state index in [9.17, 15) is 19.1 Å². The summed E-state index contributed by atoms with van der Waals surface area (Å²) in [5.41, 5.74) is -1.68. The number of halogens is 1. The van der Waals surface area contributed by atoms with Gasteiger partial charge in [0.05, 0.1) is 0 Å². The second-order valence-electron chi connectivity index (χ2n) is 5.09. The van der Waals surface area contributed by atoms with Crippen molar-refractivity contribution in [3.8, 4) is 17.0 Å². The summed E-state index contributed by atoms with van der Waals surface area (Å²) in [6, 6.07) is 5.49. The maximum Gasteiger partial charge on any atom is 0.331 e. The number of hydrogen-bond donors (Lipinski definition) is 2. The molecule has 1 aliphatic rings. The number of benzene rings is 1. The molecule has 2 unspecified atom stereocenters. The van der Waals surface area contributed by atoms with Crippen LogP contribution in [-0.4, -0.2) is 14.7 Å². The van der Waals surface area contributed by atoms with Gasteiger partial charge in [-0.3, -0.25) is 14.3 Å². The van der Waals surface area contributed by atoms with E-state index in [2.05, 4.69) is 4.98 Å². The molecule has 1 aliphatic carbocycles. The number of rotatable bonds is 2. The van der Waals surface area contributed by atoms with Crippen molar-refractivity contribution in [2.75, 3.05) is 0 Å². The molecular weight excluding hydrogens is 263 g/mol. The van der Waals surface area contributed by atoms with Crippen molar-refractivity contribution in [2.24, 2.45) is 5.92 Å². The molecule has 0 spiro atoms. The van der Waals surface area contributed by atoms with Crippen LogP contribution in [0.2, 0.25) is 0 Å². The maximum absolute atomic E-state index is 13.8. The number of nitrogens with zero attached hydrogens (tertiary/aromatic N) is 1. The Hall–Kier alpha value is -2.37. The number of aromatic amines is 1. The van der Waals surface area contributed by atoms with Crippen molar-refractivity contribution < 1.29 is 9.50 Å². The molecule has 2 aromatic rings. The van der Waals surface area contributed by atoms with E-state index in [1.54, 1.807) is 6.07 Å². The lowest BCUT2D eigenvalue weighted by Crippen LogP contribution is -2.31. The highest BCUT2D eigenvalue weighted by atomic mass is 19.1. The number of hydrogen-bond acceptors (Lipinski definition) is 3. The van der Waals surface area contributed by atoms with Gasteiger partial charge in [0.1, 0.15) is 11.4 Å². The predicted octanol–water partition coefficient (Wildman–Crippen LogP) is 1.63. The lowest BCUT2D eigenvalue weighted by Gasteiger charge is -2.11. The zero-order valence-electron chi connectivity index (χ0n) is 10.8. The number of nitrogens with one attached hydrogen (secondary N) is 1. The second kappa shape index (κ2) is 4.33. The highest BCUT2D eigenvalue weighted by Crippen LogP contribution is 2.44. The van der Waals surface area contributed by atoms with E-state index in [4.69, 9.17) is 0 Å². The standard InChI is InChI=1S/C14H13FN2O3/c1-7-6-10(7)17-13(19)11(12(18)16-14(17)20)8-4-2-3-5-9(8)15/h2-5,7,10,19H,6H2,1H3,(H,16,18,20).